The zero-order valence-corrected chi connectivity index (χ0v) is 16.4. The molecule has 0 aliphatic rings. The van der Waals surface area contributed by atoms with Crippen molar-refractivity contribution in [1.82, 2.24) is 0 Å². The van der Waals surface area contributed by atoms with Gasteiger partial charge in [-0.3, -0.25) is 9.59 Å². The van der Waals surface area contributed by atoms with Crippen molar-refractivity contribution in [2.45, 2.75) is 52.4 Å². The predicted octanol–water partition coefficient (Wildman–Crippen LogP) is -0.755. The first-order valence-corrected chi connectivity index (χ1v) is 7.74. The molecule has 126 valence electrons. The molecule has 0 radical (unpaired) electrons. The number of carbonyl (C=O) groups excluding carboxylic acids is 3. The van der Waals surface area contributed by atoms with Crippen molar-refractivity contribution in [3.8, 4) is 11.5 Å². The number of carbonyl (C=O) groups is 3. The molecule has 0 fully saturated rings. The smallest absolute Gasteiger partial charge is 0.545 e. The Morgan fingerprint density at radius 3 is 1.88 bits per heavy atom. The third-order valence-electron chi connectivity index (χ3n) is 3.10. The number of unbranched alkanes of at least 4 members (excludes halogenated alkanes) is 2. The minimum Gasteiger partial charge on any atom is -0.545 e. The van der Waals surface area contributed by atoms with Gasteiger partial charge in [-0.25, -0.2) is 0 Å². The number of rotatable bonds is 9. The van der Waals surface area contributed by atoms with E-state index < -0.39 is 17.9 Å². The zero-order chi connectivity index (χ0) is 17.2. The van der Waals surface area contributed by atoms with Gasteiger partial charge in [0.25, 0.3) is 0 Å². The minimum atomic E-state index is -1.40. The molecule has 0 saturated carbocycles. The summed E-state index contributed by atoms with van der Waals surface area (Å²) in [5.74, 6) is -2.43. The first-order chi connectivity index (χ1) is 11.0. The van der Waals surface area contributed by atoms with Crippen LogP contribution in [0.4, 0.5) is 0 Å². The molecular formula is C17H21NaO6. The van der Waals surface area contributed by atoms with E-state index in [0.717, 1.165) is 18.9 Å². The molecule has 7 heteroatoms. The summed E-state index contributed by atoms with van der Waals surface area (Å²) in [6.45, 7) is 3.88. The summed E-state index contributed by atoms with van der Waals surface area (Å²) >= 11 is 0. The van der Waals surface area contributed by atoms with Crippen molar-refractivity contribution >= 4 is 17.9 Å². The molecule has 0 spiro atoms. The van der Waals surface area contributed by atoms with Gasteiger partial charge in [0.2, 0.25) is 0 Å². The molecule has 0 bridgehead atoms. The zero-order valence-electron chi connectivity index (χ0n) is 14.4. The SMILES string of the molecule is CCCCC(=O)Oc1ccc(C(=O)[O-])cc1OC(=O)CCCC.[Na+]. The third kappa shape index (κ3) is 7.95. The largest absolute Gasteiger partial charge is 1.00 e. The van der Waals surface area contributed by atoms with Crippen LogP contribution in [0.15, 0.2) is 18.2 Å². The molecule has 0 saturated heterocycles. The number of esters is 2. The maximum Gasteiger partial charge on any atom is 1.00 e. The quantitative estimate of drug-likeness (QED) is 0.332. The Balaban J connectivity index is 0.00000529. The summed E-state index contributed by atoms with van der Waals surface area (Å²) in [5.41, 5.74) is -0.156. The Hall–Kier alpha value is -1.37. The van der Waals surface area contributed by atoms with E-state index in [2.05, 4.69) is 0 Å². The average Bonchev–Trinajstić information content (AvgIpc) is 2.52. The number of hydrogen-bond acceptors (Lipinski definition) is 6. The molecule has 0 N–H and O–H groups in total. The monoisotopic (exact) mass is 344 g/mol. The van der Waals surface area contributed by atoms with Crippen molar-refractivity contribution in [3.05, 3.63) is 23.8 Å². The molecule has 0 aliphatic heterocycles. The molecule has 6 nitrogen and oxygen atoms in total. The standard InChI is InChI=1S/C17H22O6.Na/c1-3-5-7-15(18)22-13-10-9-12(17(20)21)11-14(13)23-16(19)8-6-4-2;/h9-11H,3-8H2,1-2H3,(H,20,21);/q;+1/p-1. The fourth-order valence-electron chi connectivity index (χ4n) is 1.79. The molecule has 24 heavy (non-hydrogen) atoms. The Morgan fingerprint density at radius 1 is 0.917 bits per heavy atom. The fraction of sp³-hybridized carbons (Fsp3) is 0.471. The normalized spacial score (nSPS) is 9.75. The Labute approximate surface area is 163 Å². The fourth-order valence-corrected chi connectivity index (χ4v) is 1.79. The maximum atomic E-state index is 11.7. The van der Waals surface area contributed by atoms with E-state index in [1.54, 1.807) is 0 Å². The number of ether oxygens (including phenoxy) is 2. The van der Waals surface area contributed by atoms with Crippen LogP contribution in [0.2, 0.25) is 0 Å². The van der Waals surface area contributed by atoms with Crippen LogP contribution in [0.3, 0.4) is 0 Å². The summed E-state index contributed by atoms with van der Waals surface area (Å²) in [6, 6.07) is 3.65. The van der Waals surface area contributed by atoms with Crippen LogP contribution in [0, 0.1) is 0 Å². The van der Waals surface area contributed by atoms with E-state index in [-0.39, 0.29) is 59.5 Å². The second kappa shape index (κ2) is 12.1. The summed E-state index contributed by atoms with van der Waals surface area (Å²) < 4.78 is 10.3. The molecule has 0 atom stereocenters. The van der Waals surface area contributed by atoms with Crippen LogP contribution >= 0.6 is 0 Å². The van der Waals surface area contributed by atoms with Gasteiger partial charge < -0.3 is 19.4 Å². The van der Waals surface area contributed by atoms with E-state index in [4.69, 9.17) is 9.47 Å². The molecule has 1 rings (SSSR count). The Bertz CT molecular complexity index is 570. The van der Waals surface area contributed by atoms with Crippen LogP contribution in [0.1, 0.15) is 62.7 Å². The number of benzene rings is 1. The van der Waals surface area contributed by atoms with Crippen LogP contribution in [-0.2, 0) is 9.59 Å². The van der Waals surface area contributed by atoms with Crippen molar-refractivity contribution in [1.29, 1.82) is 0 Å². The first kappa shape index (κ1) is 22.6. The van der Waals surface area contributed by atoms with Gasteiger partial charge in [-0.2, -0.15) is 0 Å². The molecular weight excluding hydrogens is 323 g/mol. The number of carboxylic acids is 1. The second-order valence-electron chi connectivity index (χ2n) is 5.10. The minimum absolute atomic E-state index is 0. The topological polar surface area (TPSA) is 92.7 Å². The van der Waals surface area contributed by atoms with Crippen LogP contribution in [-0.4, -0.2) is 17.9 Å². The van der Waals surface area contributed by atoms with Crippen molar-refractivity contribution in [2.24, 2.45) is 0 Å². The van der Waals surface area contributed by atoms with Gasteiger partial charge >= 0.3 is 41.5 Å². The number of carboxylic acid groups (broad SMARTS) is 1. The van der Waals surface area contributed by atoms with Crippen molar-refractivity contribution in [3.63, 3.8) is 0 Å². The molecule has 0 aromatic heterocycles. The van der Waals surface area contributed by atoms with Gasteiger partial charge in [-0.05, 0) is 31.0 Å². The molecule has 0 heterocycles. The summed E-state index contributed by atoms with van der Waals surface area (Å²) in [7, 11) is 0. The average molecular weight is 344 g/mol. The van der Waals surface area contributed by atoms with Gasteiger partial charge in [0.05, 0.1) is 5.97 Å². The van der Waals surface area contributed by atoms with E-state index in [9.17, 15) is 19.5 Å². The Morgan fingerprint density at radius 2 is 1.42 bits per heavy atom. The second-order valence-corrected chi connectivity index (χ2v) is 5.10. The summed E-state index contributed by atoms with van der Waals surface area (Å²) in [4.78, 5) is 34.4. The van der Waals surface area contributed by atoms with Crippen LogP contribution in [0.25, 0.3) is 0 Å². The molecule has 1 aromatic carbocycles. The predicted molar refractivity (Wildman–Crippen MR) is 81.1 cm³/mol. The van der Waals surface area contributed by atoms with Crippen LogP contribution in [0.5, 0.6) is 11.5 Å². The summed E-state index contributed by atoms with van der Waals surface area (Å²) in [6.07, 6.45) is 3.45. The van der Waals surface area contributed by atoms with Gasteiger partial charge in [0.15, 0.2) is 11.5 Å². The van der Waals surface area contributed by atoms with E-state index in [1.165, 1.54) is 12.1 Å². The molecule has 1 aromatic rings. The van der Waals surface area contributed by atoms with E-state index in [0.29, 0.717) is 12.8 Å². The van der Waals surface area contributed by atoms with E-state index in [1.807, 2.05) is 13.8 Å². The maximum absolute atomic E-state index is 11.7. The van der Waals surface area contributed by atoms with Gasteiger partial charge in [-0.1, -0.05) is 26.7 Å². The molecule has 0 aliphatic carbocycles. The van der Waals surface area contributed by atoms with E-state index >= 15 is 0 Å². The van der Waals surface area contributed by atoms with Gasteiger partial charge in [0, 0.05) is 18.4 Å². The number of aromatic carboxylic acids is 1. The van der Waals surface area contributed by atoms with Crippen molar-refractivity contribution < 1.29 is 58.5 Å². The Kier molecular flexibility index (Phi) is 11.4. The van der Waals surface area contributed by atoms with Gasteiger partial charge in [-0.15, -0.1) is 0 Å². The van der Waals surface area contributed by atoms with Crippen molar-refractivity contribution in [2.75, 3.05) is 0 Å². The summed E-state index contributed by atoms with van der Waals surface area (Å²) in [5, 5.41) is 10.9. The number of hydrogen-bond donors (Lipinski definition) is 0. The van der Waals surface area contributed by atoms with Crippen LogP contribution < -0.4 is 44.1 Å². The van der Waals surface area contributed by atoms with Gasteiger partial charge in [0.1, 0.15) is 0 Å². The molecule has 0 amide bonds. The first-order valence-electron chi connectivity index (χ1n) is 7.74. The molecule has 0 unspecified atom stereocenters. The third-order valence-corrected chi connectivity index (χ3v) is 3.10.